The Hall–Kier alpha value is -0.300. The van der Waals surface area contributed by atoms with Gasteiger partial charge in [0.25, 0.3) is 0 Å². The molecule has 0 saturated carbocycles. The Morgan fingerprint density at radius 3 is 2.06 bits per heavy atom. The van der Waals surface area contributed by atoms with Gasteiger partial charge in [-0.05, 0) is 24.3 Å². The van der Waals surface area contributed by atoms with Crippen molar-refractivity contribution in [3.8, 4) is 0 Å². The lowest BCUT2D eigenvalue weighted by Gasteiger charge is -2.01. The zero-order valence-electron chi connectivity index (χ0n) is 10.7. The Morgan fingerprint density at radius 1 is 0.875 bits per heavy atom. The number of rotatable bonds is 10. The molecule has 1 heteroatoms. The molecule has 0 fully saturated rings. The van der Waals surface area contributed by atoms with E-state index in [1.165, 1.54) is 64.2 Å². The predicted molar refractivity (Wildman–Crippen MR) is 75.3 cm³/mol. The fourth-order valence-electron chi connectivity index (χ4n) is 2.06. The summed E-state index contributed by atoms with van der Waals surface area (Å²) in [5, 5.41) is 2.18. The maximum Gasteiger partial charge on any atom is 0.00452 e. The van der Waals surface area contributed by atoms with Crippen molar-refractivity contribution in [3.63, 3.8) is 0 Å². The van der Waals surface area contributed by atoms with Gasteiger partial charge in [0, 0.05) is 4.88 Å². The van der Waals surface area contributed by atoms with E-state index in [9.17, 15) is 0 Å². The van der Waals surface area contributed by atoms with Gasteiger partial charge in [-0.3, -0.25) is 0 Å². The van der Waals surface area contributed by atoms with Crippen LogP contribution in [-0.2, 0) is 6.42 Å². The second kappa shape index (κ2) is 9.89. The molecule has 16 heavy (non-hydrogen) atoms. The normalized spacial score (nSPS) is 10.8. The van der Waals surface area contributed by atoms with E-state index in [0.29, 0.717) is 0 Å². The first-order chi connectivity index (χ1) is 7.93. The quantitative estimate of drug-likeness (QED) is 0.450. The van der Waals surface area contributed by atoms with E-state index < -0.39 is 0 Å². The number of unbranched alkanes of at least 4 members (excludes halogenated alkanes) is 8. The van der Waals surface area contributed by atoms with Gasteiger partial charge in [0.05, 0.1) is 0 Å². The van der Waals surface area contributed by atoms with Gasteiger partial charge in [-0.25, -0.2) is 0 Å². The maximum atomic E-state index is 2.28. The molecule has 0 aromatic carbocycles. The molecule has 0 saturated heterocycles. The van der Waals surface area contributed by atoms with Crippen molar-refractivity contribution in [2.45, 2.75) is 71.1 Å². The molecule has 0 radical (unpaired) electrons. The molecule has 1 rings (SSSR count). The summed E-state index contributed by atoms with van der Waals surface area (Å²) in [6, 6.07) is 4.42. The van der Waals surface area contributed by atoms with E-state index in [1.807, 2.05) is 11.3 Å². The van der Waals surface area contributed by atoms with Crippen LogP contribution < -0.4 is 0 Å². The molecular formula is C15H26S. The van der Waals surface area contributed by atoms with Crippen LogP contribution in [0.5, 0.6) is 0 Å². The van der Waals surface area contributed by atoms with Crippen LogP contribution in [-0.4, -0.2) is 0 Å². The van der Waals surface area contributed by atoms with E-state index in [2.05, 4.69) is 24.4 Å². The Morgan fingerprint density at radius 2 is 1.50 bits per heavy atom. The van der Waals surface area contributed by atoms with Gasteiger partial charge >= 0.3 is 0 Å². The number of aryl methyl sites for hydroxylation is 1. The van der Waals surface area contributed by atoms with Crippen LogP contribution >= 0.6 is 11.3 Å². The molecule has 1 aromatic heterocycles. The van der Waals surface area contributed by atoms with Gasteiger partial charge in [-0.1, -0.05) is 64.4 Å². The molecule has 0 atom stereocenters. The molecule has 1 aromatic rings. The van der Waals surface area contributed by atoms with E-state index in [0.717, 1.165) is 0 Å². The third-order valence-electron chi connectivity index (χ3n) is 3.11. The molecule has 0 aliphatic carbocycles. The second-order valence-electron chi connectivity index (χ2n) is 4.66. The second-order valence-corrected chi connectivity index (χ2v) is 5.69. The zero-order chi connectivity index (χ0) is 11.5. The van der Waals surface area contributed by atoms with Gasteiger partial charge < -0.3 is 0 Å². The average molecular weight is 238 g/mol. The Bertz CT molecular complexity index is 226. The van der Waals surface area contributed by atoms with E-state index >= 15 is 0 Å². The monoisotopic (exact) mass is 238 g/mol. The third-order valence-corrected chi connectivity index (χ3v) is 4.04. The topological polar surface area (TPSA) is 0 Å². The molecule has 0 N–H and O–H groups in total. The summed E-state index contributed by atoms with van der Waals surface area (Å²) < 4.78 is 0. The lowest BCUT2D eigenvalue weighted by atomic mass is 10.1. The van der Waals surface area contributed by atoms with Crippen LogP contribution in [0.2, 0.25) is 0 Å². The molecule has 92 valence electrons. The van der Waals surface area contributed by atoms with Crippen LogP contribution in [0.15, 0.2) is 17.5 Å². The highest BCUT2D eigenvalue weighted by Crippen LogP contribution is 2.14. The first kappa shape index (κ1) is 13.8. The highest BCUT2D eigenvalue weighted by molar-refractivity contribution is 7.09. The molecule has 0 spiro atoms. The smallest absolute Gasteiger partial charge is 0.00452 e. The average Bonchev–Trinajstić information content (AvgIpc) is 2.80. The summed E-state index contributed by atoms with van der Waals surface area (Å²) in [6.45, 7) is 2.28. The van der Waals surface area contributed by atoms with Crippen molar-refractivity contribution in [3.05, 3.63) is 22.4 Å². The molecule has 0 bridgehead atoms. The minimum Gasteiger partial charge on any atom is -0.149 e. The summed E-state index contributed by atoms with van der Waals surface area (Å²) >= 11 is 1.90. The summed E-state index contributed by atoms with van der Waals surface area (Å²) in [4.78, 5) is 1.56. The Kier molecular flexibility index (Phi) is 8.51. The van der Waals surface area contributed by atoms with E-state index in [4.69, 9.17) is 0 Å². The SMILES string of the molecule is CCCCCCCCCCCc1cccs1. The molecule has 0 amide bonds. The van der Waals surface area contributed by atoms with Gasteiger partial charge in [0.2, 0.25) is 0 Å². The molecule has 0 unspecified atom stereocenters. The summed E-state index contributed by atoms with van der Waals surface area (Å²) in [7, 11) is 0. The van der Waals surface area contributed by atoms with Crippen molar-refractivity contribution < 1.29 is 0 Å². The van der Waals surface area contributed by atoms with Crippen molar-refractivity contribution in [1.29, 1.82) is 0 Å². The minimum absolute atomic E-state index is 1.30. The summed E-state index contributed by atoms with van der Waals surface area (Å²) in [5.41, 5.74) is 0. The summed E-state index contributed by atoms with van der Waals surface area (Å²) in [5.74, 6) is 0. The van der Waals surface area contributed by atoms with Crippen LogP contribution in [0.1, 0.15) is 69.6 Å². The van der Waals surface area contributed by atoms with Gasteiger partial charge in [-0.2, -0.15) is 0 Å². The zero-order valence-corrected chi connectivity index (χ0v) is 11.5. The lowest BCUT2D eigenvalue weighted by molar-refractivity contribution is 0.565. The van der Waals surface area contributed by atoms with Crippen LogP contribution in [0, 0.1) is 0 Å². The standard InChI is InChI=1S/C15H26S/c1-2-3-4-5-6-7-8-9-10-12-15-13-11-14-16-15/h11,13-14H,2-10,12H2,1H3. The van der Waals surface area contributed by atoms with Crippen LogP contribution in [0.3, 0.4) is 0 Å². The van der Waals surface area contributed by atoms with Gasteiger partial charge in [0.1, 0.15) is 0 Å². The van der Waals surface area contributed by atoms with Crippen molar-refractivity contribution in [2.24, 2.45) is 0 Å². The van der Waals surface area contributed by atoms with E-state index in [1.54, 1.807) is 4.88 Å². The molecular weight excluding hydrogens is 212 g/mol. The molecule has 1 heterocycles. The number of hydrogen-bond acceptors (Lipinski definition) is 1. The molecule has 0 aliphatic rings. The highest BCUT2D eigenvalue weighted by atomic mass is 32.1. The maximum absolute atomic E-state index is 2.28. The van der Waals surface area contributed by atoms with Gasteiger partial charge in [-0.15, -0.1) is 11.3 Å². The lowest BCUT2D eigenvalue weighted by Crippen LogP contribution is -1.83. The third kappa shape index (κ3) is 7.05. The first-order valence-corrected chi connectivity index (χ1v) is 7.84. The van der Waals surface area contributed by atoms with Gasteiger partial charge in [0.15, 0.2) is 0 Å². The van der Waals surface area contributed by atoms with Crippen molar-refractivity contribution >= 4 is 11.3 Å². The van der Waals surface area contributed by atoms with Crippen molar-refractivity contribution in [1.82, 2.24) is 0 Å². The number of thiophene rings is 1. The molecule has 0 aliphatic heterocycles. The predicted octanol–water partition coefficient (Wildman–Crippen LogP) is 5.82. The largest absolute Gasteiger partial charge is 0.149 e. The fourth-order valence-corrected chi connectivity index (χ4v) is 2.82. The van der Waals surface area contributed by atoms with Crippen LogP contribution in [0.25, 0.3) is 0 Å². The van der Waals surface area contributed by atoms with Crippen molar-refractivity contribution in [2.75, 3.05) is 0 Å². The summed E-state index contributed by atoms with van der Waals surface area (Å²) in [6.07, 6.45) is 14.2. The highest BCUT2D eigenvalue weighted by Gasteiger charge is 1.94. The Balaban J connectivity index is 1.78. The molecule has 0 nitrogen and oxygen atoms in total. The fraction of sp³-hybridized carbons (Fsp3) is 0.733. The number of hydrogen-bond donors (Lipinski definition) is 0. The Labute approximate surface area is 105 Å². The van der Waals surface area contributed by atoms with Crippen LogP contribution in [0.4, 0.5) is 0 Å². The van der Waals surface area contributed by atoms with E-state index in [-0.39, 0.29) is 0 Å². The first-order valence-electron chi connectivity index (χ1n) is 6.96. The minimum atomic E-state index is 1.30.